The molecule has 0 spiro atoms. The fourth-order valence-electron chi connectivity index (χ4n) is 4.29. The summed E-state index contributed by atoms with van der Waals surface area (Å²) in [6.07, 6.45) is 2.16. The lowest BCUT2D eigenvalue weighted by atomic mass is 9.80. The first-order chi connectivity index (χ1) is 16.3. The highest BCUT2D eigenvalue weighted by Gasteiger charge is 2.38. The maximum atomic E-state index is 13.6. The molecule has 7 nitrogen and oxygen atoms in total. The highest BCUT2D eigenvalue weighted by Crippen LogP contribution is 2.30. The van der Waals surface area contributed by atoms with Gasteiger partial charge in [-0.15, -0.1) is 6.58 Å². The highest BCUT2D eigenvalue weighted by molar-refractivity contribution is 5.92. The normalized spacial score (nSPS) is 13.6. The Morgan fingerprint density at radius 2 is 1.41 bits per heavy atom. The Morgan fingerprint density at radius 1 is 0.882 bits per heavy atom. The quantitative estimate of drug-likeness (QED) is 0.219. The van der Waals surface area contributed by atoms with E-state index in [-0.39, 0.29) is 18.2 Å². The summed E-state index contributed by atoms with van der Waals surface area (Å²) >= 11 is 0. The minimum Gasteiger partial charge on any atom is -0.357 e. The summed E-state index contributed by atoms with van der Waals surface area (Å²) < 4.78 is 0. The molecule has 2 rings (SSSR count). The molecular formula is C27H35N3O4. The number of nitrogens with one attached hydrogen (secondary N) is 3. The monoisotopic (exact) mass is 465 g/mol. The lowest BCUT2D eigenvalue weighted by molar-refractivity contribution is -0.141. The van der Waals surface area contributed by atoms with Crippen LogP contribution >= 0.6 is 0 Å². The molecule has 4 N–H and O–H groups in total. The first kappa shape index (κ1) is 26.8. The molecule has 0 aliphatic heterocycles. The van der Waals surface area contributed by atoms with E-state index in [0.29, 0.717) is 6.42 Å². The number of carbonyl (C=O) groups is 3. The SMILES string of the molecule is C=CC[C@H](C(=O)NO)[C@@H](CC(C)C)C(=O)NC(C(=O)NC)C(c1ccccc1)c1ccccc1. The van der Waals surface area contributed by atoms with Gasteiger partial charge in [-0.3, -0.25) is 19.6 Å². The molecule has 0 aliphatic carbocycles. The molecule has 0 radical (unpaired) electrons. The van der Waals surface area contributed by atoms with E-state index in [4.69, 9.17) is 0 Å². The van der Waals surface area contributed by atoms with Crippen LogP contribution in [-0.4, -0.2) is 36.0 Å². The summed E-state index contributed by atoms with van der Waals surface area (Å²) in [5, 5.41) is 14.9. The number of hydroxylamine groups is 1. The molecule has 7 heteroatoms. The van der Waals surface area contributed by atoms with Crippen molar-refractivity contribution in [1.29, 1.82) is 0 Å². The van der Waals surface area contributed by atoms with Crippen LogP contribution in [0.4, 0.5) is 0 Å². The third-order valence-electron chi connectivity index (χ3n) is 5.89. The second-order valence-electron chi connectivity index (χ2n) is 8.74. The Hall–Kier alpha value is -3.45. The van der Waals surface area contributed by atoms with Crippen molar-refractivity contribution in [3.8, 4) is 0 Å². The van der Waals surface area contributed by atoms with Crippen LogP contribution in [0.2, 0.25) is 0 Å². The molecule has 0 aliphatic rings. The second-order valence-corrected chi connectivity index (χ2v) is 8.74. The van der Waals surface area contributed by atoms with Gasteiger partial charge in [0.15, 0.2) is 0 Å². The first-order valence-corrected chi connectivity index (χ1v) is 11.5. The van der Waals surface area contributed by atoms with Crippen molar-refractivity contribution in [1.82, 2.24) is 16.1 Å². The van der Waals surface area contributed by atoms with Crippen LogP contribution in [0.3, 0.4) is 0 Å². The maximum absolute atomic E-state index is 13.6. The highest BCUT2D eigenvalue weighted by atomic mass is 16.5. The molecule has 2 aromatic rings. The van der Waals surface area contributed by atoms with E-state index in [1.807, 2.05) is 74.5 Å². The third-order valence-corrected chi connectivity index (χ3v) is 5.89. The second kappa shape index (κ2) is 13.3. The fraction of sp³-hybridized carbons (Fsp3) is 0.370. The van der Waals surface area contributed by atoms with Gasteiger partial charge >= 0.3 is 0 Å². The topological polar surface area (TPSA) is 108 Å². The Balaban J connectivity index is 2.51. The van der Waals surface area contributed by atoms with Crippen LogP contribution in [0.15, 0.2) is 73.3 Å². The zero-order chi connectivity index (χ0) is 25.1. The Bertz CT molecular complexity index is 907. The van der Waals surface area contributed by atoms with Gasteiger partial charge in [-0.05, 0) is 29.9 Å². The Morgan fingerprint density at radius 3 is 1.82 bits per heavy atom. The number of rotatable bonds is 12. The van der Waals surface area contributed by atoms with Crippen LogP contribution in [0.5, 0.6) is 0 Å². The van der Waals surface area contributed by atoms with E-state index < -0.39 is 35.6 Å². The van der Waals surface area contributed by atoms with Gasteiger partial charge in [0.05, 0.1) is 11.8 Å². The van der Waals surface area contributed by atoms with Gasteiger partial charge < -0.3 is 10.6 Å². The zero-order valence-corrected chi connectivity index (χ0v) is 20.0. The molecule has 0 fully saturated rings. The van der Waals surface area contributed by atoms with Crippen molar-refractivity contribution in [2.75, 3.05) is 7.05 Å². The number of carbonyl (C=O) groups excluding carboxylic acids is 3. The predicted molar refractivity (Wildman–Crippen MR) is 132 cm³/mol. The molecule has 3 atom stereocenters. The molecule has 34 heavy (non-hydrogen) atoms. The first-order valence-electron chi connectivity index (χ1n) is 11.5. The summed E-state index contributed by atoms with van der Waals surface area (Å²) in [6, 6.07) is 18.1. The van der Waals surface area contributed by atoms with Gasteiger partial charge in [0.25, 0.3) is 0 Å². The summed E-state index contributed by atoms with van der Waals surface area (Å²) in [5.74, 6) is -3.34. The summed E-state index contributed by atoms with van der Waals surface area (Å²) in [7, 11) is 1.53. The van der Waals surface area contributed by atoms with Gasteiger partial charge in [-0.25, -0.2) is 5.48 Å². The summed E-state index contributed by atoms with van der Waals surface area (Å²) in [4.78, 5) is 39.1. The van der Waals surface area contributed by atoms with Gasteiger partial charge in [0, 0.05) is 13.0 Å². The van der Waals surface area contributed by atoms with Crippen molar-refractivity contribution in [2.45, 2.75) is 38.6 Å². The van der Waals surface area contributed by atoms with Crippen molar-refractivity contribution < 1.29 is 19.6 Å². The van der Waals surface area contributed by atoms with Crippen molar-refractivity contribution >= 4 is 17.7 Å². The van der Waals surface area contributed by atoms with Crippen LogP contribution in [0.1, 0.15) is 43.7 Å². The molecule has 0 saturated carbocycles. The molecule has 2 aromatic carbocycles. The van der Waals surface area contributed by atoms with E-state index in [0.717, 1.165) is 11.1 Å². The molecule has 0 saturated heterocycles. The zero-order valence-electron chi connectivity index (χ0n) is 20.0. The summed E-state index contributed by atoms with van der Waals surface area (Å²) in [5.41, 5.74) is 3.42. The van der Waals surface area contributed by atoms with Crippen LogP contribution in [-0.2, 0) is 14.4 Å². The average molecular weight is 466 g/mol. The molecule has 0 heterocycles. The smallest absolute Gasteiger partial charge is 0.247 e. The van der Waals surface area contributed by atoms with Crippen molar-refractivity contribution in [2.24, 2.45) is 17.8 Å². The lowest BCUT2D eigenvalue weighted by Crippen LogP contribution is -2.53. The van der Waals surface area contributed by atoms with Crippen LogP contribution < -0.4 is 16.1 Å². The number of amides is 3. The van der Waals surface area contributed by atoms with Crippen LogP contribution in [0, 0.1) is 17.8 Å². The molecule has 0 bridgehead atoms. The van der Waals surface area contributed by atoms with Crippen molar-refractivity contribution in [3.63, 3.8) is 0 Å². The van der Waals surface area contributed by atoms with E-state index in [2.05, 4.69) is 17.2 Å². The molecule has 0 aromatic heterocycles. The Labute approximate surface area is 201 Å². The van der Waals surface area contributed by atoms with E-state index >= 15 is 0 Å². The van der Waals surface area contributed by atoms with E-state index in [1.54, 1.807) is 11.6 Å². The number of hydrogen-bond donors (Lipinski definition) is 4. The fourth-order valence-corrected chi connectivity index (χ4v) is 4.29. The Kier molecular flexibility index (Phi) is 10.5. The average Bonchev–Trinajstić information content (AvgIpc) is 2.85. The standard InChI is InChI=1S/C27H35N3O4/c1-5-12-21(26(32)30-34)22(17-18(2)3)25(31)29-24(27(33)28-4)23(19-13-8-6-9-14-19)20-15-10-7-11-16-20/h5-11,13-16,18,21-24,34H,1,12,17H2,2-4H3,(H,28,33)(H,29,31)(H,30,32)/t21-,22+,24?/m0/s1. The number of allylic oxidation sites excluding steroid dienone is 1. The van der Waals surface area contributed by atoms with Crippen LogP contribution in [0.25, 0.3) is 0 Å². The number of likely N-dealkylation sites (N-methyl/N-ethyl adjacent to an activating group) is 1. The van der Waals surface area contributed by atoms with Gasteiger partial charge in [0.2, 0.25) is 17.7 Å². The van der Waals surface area contributed by atoms with Gasteiger partial charge in [-0.2, -0.15) is 0 Å². The van der Waals surface area contributed by atoms with Crippen molar-refractivity contribution in [3.05, 3.63) is 84.4 Å². The van der Waals surface area contributed by atoms with E-state index in [9.17, 15) is 19.6 Å². The molecule has 182 valence electrons. The predicted octanol–water partition coefficient (Wildman–Crippen LogP) is 3.41. The summed E-state index contributed by atoms with van der Waals surface area (Å²) in [6.45, 7) is 7.60. The molecule has 3 amide bonds. The van der Waals surface area contributed by atoms with Gasteiger partial charge in [-0.1, -0.05) is 80.6 Å². The third kappa shape index (κ3) is 7.02. The minimum absolute atomic E-state index is 0.104. The molecule has 1 unspecified atom stereocenters. The number of benzene rings is 2. The maximum Gasteiger partial charge on any atom is 0.247 e. The largest absolute Gasteiger partial charge is 0.357 e. The minimum atomic E-state index is -0.918. The van der Waals surface area contributed by atoms with Gasteiger partial charge in [0.1, 0.15) is 6.04 Å². The lowest BCUT2D eigenvalue weighted by Gasteiger charge is -2.31. The number of hydrogen-bond acceptors (Lipinski definition) is 4. The van der Waals surface area contributed by atoms with E-state index in [1.165, 1.54) is 7.05 Å². The molecular weight excluding hydrogens is 430 g/mol.